The molecule has 1 N–H and O–H groups in total. The standard InChI is InChI=1S/C40H28N2/c1-40(2)32-14-8-10-26-20-23-28-24-31(30-13-9-15-33(40)38(30)37(28)36(26)32)25-18-21-27(22-19-25)39-41-34-16-6-7-17-35(34)42(39)29-11-4-3-5-12-29/h3-24H,1-2H3/p+1. The molecule has 42 heavy (non-hydrogen) atoms. The maximum atomic E-state index is 3.69. The molecule has 8 aromatic rings. The molecular formula is C40H29N2+. The van der Waals surface area contributed by atoms with Gasteiger partial charge in [-0.25, -0.2) is 4.98 Å². The van der Waals surface area contributed by atoms with E-state index in [4.69, 9.17) is 0 Å². The van der Waals surface area contributed by atoms with Crippen LogP contribution in [0.2, 0.25) is 0 Å². The molecule has 0 saturated carbocycles. The lowest BCUT2D eigenvalue weighted by Crippen LogP contribution is -2.31. The predicted octanol–water partition coefficient (Wildman–Crippen LogP) is 9.88. The summed E-state index contributed by atoms with van der Waals surface area (Å²) in [6.07, 6.45) is 0. The van der Waals surface area contributed by atoms with Crippen molar-refractivity contribution in [2.45, 2.75) is 19.3 Å². The first-order valence-electron chi connectivity index (χ1n) is 14.7. The van der Waals surface area contributed by atoms with E-state index in [0.29, 0.717) is 0 Å². The molecule has 0 spiro atoms. The Hall–Kier alpha value is -5.21. The lowest BCUT2D eigenvalue weighted by atomic mass is 9.69. The second-order valence-corrected chi connectivity index (χ2v) is 12.1. The summed E-state index contributed by atoms with van der Waals surface area (Å²) in [7, 11) is 0. The van der Waals surface area contributed by atoms with Crippen LogP contribution in [0.4, 0.5) is 0 Å². The fourth-order valence-electron chi connectivity index (χ4n) is 7.42. The average molecular weight is 538 g/mol. The van der Waals surface area contributed by atoms with Gasteiger partial charge in [-0.3, -0.25) is 0 Å². The minimum absolute atomic E-state index is 0.0660. The topological polar surface area (TPSA) is 19.7 Å². The van der Waals surface area contributed by atoms with Crippen molar-refractivity contribution in [1.82, 2.24) is 4.98 Å². The van der Waals surface area contributed by atoms with E-state index in [9.17, 15) is 0 Å². The van der Waals surface area contributed by atoms with E-state index < -0.39 is 0 Å². The molecule has 2 nitrogen and oxygen atoms in total. The van der Waals surface area contributed by atoms with Crippen LogP contribution in [-0.4, -0.2) is 4.98 Å². The fourth-order valence-corrected chi connectivity index (χ4v) is 7.42. The molecule has 0 radical (unpaired) electrons. The van der Waals surface area contributed by atoms with Gasteiger partial charge in [0, 0.05) is 5.41 Å². The van der Waals surface area contributed by atoms with E-state index in [1.165, 1.54) is 60.1 Å². The molecule has 1 aliphatic rings. The zero-order valence-corrected chi connectivity index (χ0v) is 23.6. The number of fused-ring (bicyclic) bond motifs is 1. The Kier molecular flexibility index (Phi) is 4.70. The van der Waals surface area contributed by atoms with Crippen molar-refractivity contribution >= 4 is 43.4 Å². The number of imidazole rings is 1. The molecule has 0 bridgehead atoms. The SMILES string of the molecule is CC1(C)c2cccc3ccc4cc(-c5ccc(-c6[nH]c7ccccc7[n+]6-c6ccccc6)cc5)c5cccc1c5c4c23. The number of hydrogen-bond acceptors (Lipinski definition) is 0. The van der Waals surface area contributed by atoms with Gasteiger partial charge in [0.2, 0.25) is 0 Å². The number of rotatable bonds is 3. The van der Waals surface area contributed by atoms with Gasteiger partial charge in [-0.2, -0.15) is 4.57 Å². The molecule has 1 aromatic heterocycles. The summed E-state index contributed by atoms with van der Waals surface area (Å²) >= 11 is 0. The zero-order valence-electron chi connectivity index (χ0n) is 23.6. The van der Waals surface area contributed by atoms with Gasteiger partial charge in [-0.15, -0.1) is 0 Å². The molecule has 2 heteroatoms. The summed E-state index contributed by atoms with van der Waals surface area (Å²) in [5, 5.41) is 8.17. The summed E-state index contributed by atoms with van der Waals surface area (Å²) in [6.45, 7) is 4.75. The lowest BCUT2D eigenvalue weighted by Gasteiger charge is -2.34. The summed E-state index contributed by atoms with van der Waals surface area (Å²) in [4.78, 5) is 3.69. The largest absolute Gasteiger partial charge is 0.292 e. The first-order chi connectivity index (χ1) is 20.6. The summed E-state index contributed by atoms with van der Waals surface area (Å²) < 4.78 is 2.32. The number of aromatic nitrogens is 2. The molecule has 7 aromatic carbocycles. The van der Waals surface area contributed by atoms with E-state index in [1.54, 1.807) is 0 Å². The van der Waals surface area contributed by atoms with Crippen molar-refractivity contribution in [2.75, 3.05) is 0 Å². The van der Waals surface area contributed by atoms with Gasteiger partial charge in [0.1, 0.15) is 5.69 Å². The fraction of sp³-hybridized carbons (Fsp3) is 0.0750. The highest BCUT2D eigenvalue weighted by Crippen LogP contribution is 2.50. The predicted molar refractivity (Wildman–Crippen MR) is 175 cm³/mol. The van der Waals surface area contributed by atoms with Gasteiger partial charge in [0.05, 0.1) is 5.56 Å². The molecule has 0 atom stereocenters. The molecule has 0 unspecified atom stereocenters. The number of hydrogen-bond donors (Lipinski definition) is 1. The lowest BCUT2D eigenvalue weighted by molar-refractivity contribution is -0.554. The molecule has 0 saturated heterocycles. The van der Waals surface area contributed by atoms with Crippen molar-refractivity contribution in [3.05, 3.63) is 145 Å². The molecule has 1 heterocycles. The number of nitrogens with one attached hydrogen (secondary N) is 1. The van der Waals surface area contributed by atoms with E-state index in [2.05, 4.69) is 157 Å². The van der Waals surface area contributed by atoms with E-state index in [1.807, 2.05) is 0 Å². The summed E-state index contributed by atoms with van der Waals surface area (Å²) in [6, 6.07) is 48.9. The Balaban J connectivity index is 1.27. The molecular weight excluding hydrogens is 508 g/mol. The average Bonchev–Trinajstić information content (AvgIpc) is 3.43. The third kappa shape index (κ3) is 3.12. The maximum absolute atomic E-state index is 3.69. The first-order valence-corrected chi connectivity index (χ1v) is 14.7. The first kappa shape index (κ1) is 23.5. The number of para-hydroxylation sites is 3. The van der Waals surface area contributed by atoms with Crippen molar-refractivity contribution in [3.8, 4) is 28.2 Å². The minimum atomic E-state index is -0.0660. The second-order valence-electron chi connectivity index (χ2n) is 12.1. The highest BCUT2D eigenvalue weighted by Gasteiger charge is 2.33. The van der Waals surface area contributed by atoms with Crippen LogP contribution in [0.5, 0.6) is 0 Å². The Morgan fingerprint density at radius 2 is 1.24 bits per heavy atom. The normalized spacial score (nSPS) is 13.7. The van der Waals surface area contributed by atoms with E-state index in [0.717, 1.165) is 22.6 Å². The second kappa shape index (κ2) is 8.41. The van der Waals surface area contributed by atoms with Crippen LogP contribution in [-0.2, 0) is 5.41 Å². The highest BCUT2D eigenvalue weighted by molar-refractivity contribution is 6.26. The van der Waals surface area contributed by atoms with Crippen LogP contribution in [0, 0.1) is 0 Å². The molecule has 1 aliphatic carbocycles. The van der Waals surface area contributed by atoms with E-state index in [-0.39, 0.29) is 5.41 Å². The number of benzene rings is 7. The van der Waals surface area contributed by atoms with Gasteiger partial charge >= 0.3 is 0 Å². The number of aromatic amines is 1. The van der Waals surface area contributed by atoms with Gasteiger partial charge in [-0.05, 0) is 97.0 Å². The quantitative estimate of drug-likeness (QED) is 0.171. The van der Waals surface area contributed by atoms with Crippen LogP contribution < -0.4 is 4.57 Å². The van der Waals surface area contributed by atoms with Crippen molar-refractivity contribution in [1.29, 1.82) is 0 Å². The molecule has 0 aliphatic heterocycles. The summed E-state index contributed by atoms with van der Waals surface area (Å²) in [5.41, 5.74) is 9.88. The number of H-pyrrole nitrogens is 1. The zero-order chi connectivity index (χ0) is 28.0. The van der Waals surface area contributed by atoms with Crippen LogP contribution in [0.15, 0.2) is 133 Å². The Morgan fingerprint density at radius 1 is 0.548 bits per heavy atom. The van der Waals surface area contributed by atoms with Crippen LogP contribution in [0.3, 0.4) is 0 Å². The van der Waals surface area contributed by atoms with Gasteiger partial charge in [-0.1, -0.05) is 105 Å². The van der Waals surface area contributed by atoms with Gasteiger partial charge in [0.25, 0.3) is 5.82 Å². The number of nitrogens with zero attached hydrogens (tertiary/aromatic N) is 1. The monoisotopic (exact) mass is 537 g/mol. The molecule has 198 valence electrons. The Labute approximate surface area is 244 Å². The van der Waals surface area contributed by atoms with Crippen LogP contribution in [0.25, 0.3) is 71.6 Å². The molecule has 9 rings (SSSR count). The molecule has 0 amide bonds. The maximum Gasteiger partial charge on any atom is 0.292 e. The third-order valence-corrected chi connectivity index (χ3v) is 9.43. The van der Waals surface area contributed by atoms with Crippen LogP contribution in [0.1, 0.15) is 25.0 Å². The summed E-state index contributed by atoms with van der Waals surface area (Å²) in [5.74, 6) is 1.08. The Bertz CT molecular complexity index is 2360. The smallest absolute Gasteiger partial charge is 0.236 e. The minimum Gasteiger partial charge on any atom is -0.236 e. The van der Waals surface area contributed by atoms with Crippen molar-refractivity contribution in [3.63, 3.8) is 0 Å². The molecule has 0 fully saturated rings. The third-order valence-electron chi connectivity index (χ3n) is 9.43. The van der Waals surface area contributed by atoms with Gasteiger partial charge in [0.15, 0.2) is 11.0 Å². The van der Waals surface area contributed by atoms with Gasteiger partial charge < -0.3 is 0 Å². The Morgan fingerprint density at radius 3 is 2.07 bits per heavy atom. The van der Waals surface area contributed by atoms with Crippen LogP contribution >= 0.6 is 0 Å². The van der Waals surface area contributed by atoms with E-state index >= 15 is 0 Å². The van der Waals surface area contributed by atoms with Crippen molar-refractivity contribution in [2.24, 2.45) is 0 Å². The van der Waals surface area contributed by atoms with Crippen molar-refractivity contribution < 1.29 is 4.57 Å². The highest BCUT2D eigenvalue weighted by atomic mass is 15.1.